The summed E-state index contributed by atoms with van der Waals surface area (Å²) in [7, 11) is 3.75. The van der Waals surface area contributed by atoms with Crippen molar-refractivity contribution in [3.63, 3.8) is 0 Å². The van der Waals surface area contributed by atoms with Crippen molar-refractivity contribution in [3.8, 4) is 0 Å². The number of hydrogen-bond acceptors (Lipinski definition) is 2. The van der Waals surface area contributed by atoms with Crippen LogP contribution in [0.25, 0.3) is 0 Å². The summed E-state index contributed by atoms with van der Waals surface area (Å²) in [6, 6.07) is 5.77. The Bertz CT molecular complexity index is 388. The molecule has 0 heterocycles. The largest absolute Gasteiger partial charge is 0.388 e. The maximum atomic E-state index is 12.1. The number of aryl methyl sites for hydroxylation is 1. The number of nitrogens with one attached hydrogen (secondary N) is 1. The third kappa shape index (κ3) is 3.48. The van der Waals surface area contributed by atoms with Gasteiger partial charge in [0.05, 0.1) is 0 Å². The van der Waals surface area contributed by atoms with E-state index >= 15 is 0 Å². The van der Waals surface area contributed by atoms with E-state index < -0.39 is 0 Å². The molecule has 3 heteroatoms. The van der Waals surface area contributed by atoms with E-state index in [0.29, 0.717) is 0 Å². The number of rotatable bonds is 5. The van der Waals surface area contributed by atoms with Crippen LogP contribution in [-0.2, 0) is 0 Å². The van der Waals surface area contributed by atoms with Crippen molar-refractivity contribution in [2.24, 2.45) is 0 Å². The molecule has 0 atom stereocenters. The SMILES string of the molecule is CCCCN(C)C(=O)c1ccc(NC)c(C)c1. The fourth-order valence-electron chi connectivity index (χ4n) is 1.79. The Balaban J connectivity index is 2.78. The molecule has 0 fully saturated rings. The van der Waals surface area contributed by atoms with Crippen LogP contribution >= 0.6 is 0 Å². The Morgan fingerprint density at radius 2 is 2.12 bits per heavy atom. The molecule has 3 nitrogen and oxygen atoms in total. The molecule has 0 aliphatic carbocycles. The van der Waals surface area contributed by atoms with E-state index in [9.17, 15) is 4.79 Å². The summed E-state index contributed by atoms with van der Waals surface area (Å²) in [6.45, 7) is 4.96. The van der Waals surface area contributed by atoms with Crippen LogP contribution < -0.4 is 5.32 Å². The van der Waals surface area contributed by atoms with Crippen LogP contribution in [0, 0.1) is 6.92 Å². The fraction of sp³-hybridized carbons (Fsp3) is 0.500. The van der Waals surface area contributed by atoms with Crippen LogP contribution in [-0.4, -0.2) is 31.4 Å². The lowest BCUT2D eigenvalue weighted by molar-refractivity contribution is 0.0793. The van der Waals surface area contributed by atoms with E-state index in [-0.39, 0.29) is 5.91 Å². The van der Waals surface area contributed by atoms with Crippen molar-refractivity contribution in [1.29, 1.82) is 0 Å². The summed E-state index contributed by atoms with van der Waals surface area (Å²) in [5.41, 5.74) is 2.93. The summed E-state index contributed by atoms with van der Waals surface area (Å²) < 4.78 is 0. The van der Waals surface area contributed by atoms with Crippen molar-refractivity contribution in [2.45, 2.75) is 26.7 Å². The zero-order chi connectivity index (χ0) is 12.8. The van der Waals surface area contributed by atoms with Gasteiger partial charge in [0.15, 0.2) is 0 Å². The molecule has 0 saturated carbocycles. The second kappa shape index (κ2) is 6.28. The topological polar surface area (TPSA) is 32.3 Å². The molecule has 0 saturated heterocycles. The minimum Gasteiger partial charge on any atom is -0.388 e. The molecule has 0 aliphatic heterocycles. The second-order valence-electron chi connectivity index (χ2n) is 4.36. The van der Waals surface area contributed by atoms with Gasteiger partial charge in [0.25, 0.3) is 5.91 Å². The number of unbranched alkanes of at least 4 members (excludes halogenated alkanes) is 1. The fourth-order valence-corrected chi connectivity index (χ4v) is 1.79. The standard InChI is InChI=1S/C14H22N2O/c1-5-6-9-16(4)14(17)12-7-8-13(15-3)11(2)10-12/h7-8,10,15H,5-6,9H2,1-4H3. The lowest BCUT2D eigenvalue weighted by atomic mass is 10.1. The summed E-state index contributed by atoms with van der Waals surface area (Å²) in [6.07, 6.45) is 2.16. The van der Waals surface area contributed by atoms with Crippen LogP contribution in [0.5, 0.6) is 0 Å². The quantitative estimate of drug-likeness (QED) is 0.849. The highest BCUT2D eigenvalue weighted by molar-refractivity contribution is 5.94. The predicted molar refractivity (Wildman–Crippen MR) is 72.6 cm³/mol. The van der Waals surface area contributed by atoms with Gasteiger partial charge >= 0.3 is 0 Å². The van der Waals surface area contributed by atoms with Crippen molar-refractivity contribution in [1.82, 2.24) is 4.90 Å². The lowest BCUT2D eigenvalue weighted by Gasteiger charge is -2.17. The zero-order valence-electron chi connectivity index (χ0n) is 11.2. The van der Waals surface area contributed by atoms with Gasteiger partial charge in [-0.25, -0.2) is 0 Å². The number of amides is 1. The molecule has 94 valence electrons. The molecule has 1 aromatic carbocycles. The van der Waals surface area contributed by atoms with E-state index in [4.69, 9.17) is 0 Å². The Labute approximate surface area is 104 Å². The number of nitrogens with zero attached hydrogens (tertiary/aromatic N) is 1. The minimum atomic E-state index is 0.101. The van der Waals surface area contributed by atoms with Crippen LogP contribution in [0.15, 0.2) is 18.2 Å². The van der Waals surface area contributed by atoms with Crippen molar-refractivity contribution in [3.05, 3.63) is 29.3 Å². The normalized spacial score (nSPS) is 10.1. The molecule has 0 spiro atoms. The average Bonchev–Trinajstić information content (AvgIpc) is 2.34. The molecular weight excluding hydrogens is 212 g/mol. The zero-order valence-corrected chi connectivity index (χ0v) is 11.2. The lowest BCUT2D eigenvalue weighted by Crippen LogP contribution is -2.27. The van der Waals surface area contributed by atoms with E-state index in [1.807, 2.05) is 39.2 Å². The average molecular weight is 234 g/mol. The third-order valence-corrected chi connectivity index (χ3v) is 2.94. The van der Waals surface area contributed by atoms with Gasteiger partial charge < -0.3 is 10.2 Å². The summed E-state index contributed by atoms with van der Waals surface area (Å²) in [4.78, 5) is 13.9. The van der Waals surface area contributed by atoms with Gasteiger partial charge in [-0.05, 0) is 37.1 Å². The summed E-state index contributed by atoms with van der Waals surface area (Å²) in [5, 5.41) is 3.10. The molecule has 17 heavy (non-hydrogen) atoms. The van der Waals surface area contributed by atoms with Crippen LogP contribution in [0.3, 0.4) is 0 Å². The van der Waals surface area contributed by atoms with E-state index in [1.54, 1.807) is 4.90 Å². The first-order valence-corrected chi connectivity index (χ1v) is 6.14. The summed E-state index contributed by atoms with van der Waals surface area (Å²) >= 11 is 0. The maximum absolute atomic E-state index is 12.1. The van der Waals surface area contributed by atoms with Gasteiger partial charge in [0, 0.05) is 31.9 Å². The van der Waals surface area contributed by atoms with Crippen molar-refractivity contribution >= 4 is 11.6 Å². The van der Waals surface area contributed by atoms with E-state index in [1.165, 1.54) is 0 Å². The number of anilines is 1. The van der Waals surface area contributed by atoms with Gasteiger partial charge in [0.1, 0.15) is 0 Å². The molecule has 0 aromatic heterocycles. The van der Waals surface area contributed by atoms with Gasteiger partial charge in [-0.1, -0.05) is 13.3 Å². The Morgan fingerprint density at radius 1 is 1.41 bits per heavy atom. The Hall–Kier alpha value is -1.51. The van der Waals surface area contributed by atoms with E-state index in [0.717, 1.165) is 36.2 Å². The minimum absolute atomic E-state index is 0.101. The number of carbonyl (C=O) groups excluding carboxylic acids is 1. The maximum Gasteiger partial charge on any atom is 0.253 e. The van der Waals surface area contributed by atoms with Gasteiger partial charge in [0.2, 0.25) is 0 Å². The highest BCUT2D eigenvalue weighted by Crippen LogP contribution is 2.16. The first-order valence-electron chi connectivity index (χ1n) is 6.14. The van der Waals surface area contributed by atoms with E-state index in [2.05, 4.69) is 12.2 Å². The molecule has 1 amide bonds. The predicted octanol–water partition coefficient (Wildman–Crippen LogP) is 2.91. The Morgan fingerprint density at radius 3 is 2.65 bits per heavy atom. The van der Waals surface area contributed by atoms with Crippen LogP contribution in [0.1, 0.15) is 35.7 Å². The van der Waals surface area contributed by atoms with Gasteiger partial charge in [-0.15, -0.1) is 0 Å². The molecule has 1 rings (SSSR count). The molecule has 1 N–H and O–H groups in total. The van der Waals surface area contributed by atoms with Crippen LogP contribution in [0.4, 0.5) is 5.69 Å². The number of benzene rings is 1. The first-order chi connectivity index (χ1) is 8.10. The highest BCUT2D eigenvalue weighted by Gasteiger charge is 2.11. The van der Waals surface area contributed by atoms with Gasteiger partial charge in [-0.3, -0.25) is 4.79 Å². The first kappa shape index (κ1) is 13.6. The second-order valence-corrected chi connectivity index (χ2v) is 4.36. The van der Waals surface area contributed by atoms with Gasteiger partial charge in [-0.2, -0.15) is 0 Å². The molecule has 0 radical (unpaired) electrons. The molecule has 1 aromatic rings. The number of carbonyl (C=O) groups is 1. The molecular formula is C14H22N2O. The molecule has 0 aliphatic rings. The molecule has 0 bridgehead atoms. The highest BCUT2D eigenvalue weighted by atomic mass is 16.2. The molecule has 0 unspecified atom stereocenters. The smallest absolute Gasteiger partial charge is 0.253 e. The van der Waals surface area contributed by atoms with Crippen molar-refractivity contribution in [2.75, 3.05) is 26.0 Å². The number of hydrogen-bond donors (Lipinski definition) is 1. The summed E-state index contributed by atoms with van der Waals surface area (Å²) in [5.74, 6) is 0.101. The Kier molecular flexibility index (Phi) is 5.01. The third-order valence-electron chi connectivity index (χ3n) is 2.94. The van der Waals surface area contributed by atoms with Crippen molar-refractivity contribution < 1.29 is 4.79 Å². The van der Waals surface area contributed by atoms with Crippen LogP contribution in [0.2, 0.25) is 0 Å². The monoisotopic (exact) mass is 234 g/mol.